The standard InChI is InChI=1S/C34H38N8O4/c1-20-27-13-30(37-42(27)10-9-39(20)23-18-46-19-23)36-26-11-22(16-38(4)32(26)44)24-5-6-35-31(25(24)17-43)41-8-7-40-28(33(41)45)12-21-14-34(2,3)15-29(21)40/h5-8,11-13,16,20,23,43H,9-10,14-15,17-19H2,1-4H3,(H,36,37). The van der Waals surface area contributed by atoms with Gasteiger partial charge in [-0.05, 0) is 54.5 Å². The first-order chi connectivity index (χ1) is 22.1. The minimum absolute atomic E-state index is 0.173. The number of hydrogen-bond acceptors (Lipinski definition) is 8. The Labute approximate surface area is 265 Å². The van der Waals surface area contributed by atoms with Gasteiger partial charge in [-0.25, -0.2) is 4.98 Å². The molecular weight excluding hydrogens is 584 g/mol. The summed E-state index contributed by atoms with van der Waals surface area (Å²) in [5, 5.41) is 18.7. The SMILES string of the molecule is CC1c2cc(Nc3cc(-c4ccnc(-n5ccn6c7c(cc6c5=O)CC(C)(C)C7)c4CO)cn(C)c3=O)nn2CCN1C1COC1. The molecule has 46 heavy (non-hydrogen) atoms. The van der Waals surface area contributed by atoms with Crippen molar-refractivity contribution in [2.75, 3.05) is 25.1 Å². The molecule has 0 bridgehead atoms. The maximum Gasteiger partial charge on any atom is 0.280 e. The molecule has 1 fully saturated rings. The van der Waals surface area contributed by atoms with Crippen molar-refractivity contribution in [2.45, 2.75) is 58.8 Å². The topological polar surface area (TPSA) is 124 Å². The number of nitrogens with one attached hydrogen (secondary N) is 1. The van der Waals surface area contributed by atoms with Crippen molar-refractivity contribution in [3.63, 3.8) is 0 Å². The molecule has 0 amide bonds. The second kappa shape index (κ2) is 10.5. The van der Waals surface area contributed by atoms with E-state index in [-0.39, 0.29) is 29.2 Å². The summed E-state index contributed by atoms with van der Waals surface area (Å²) in [6.45, 7) is 9.50. The molecule has 238 valence electrons. The van der Waals surface area contributed by atoms with Gasteiger partial charge in [0.15, 0.2) is 5.82 Å². The van der Waals surface area contributed by atoms with Crippen molar-refractivity contribution in [1.29, 1.82) is 0 Å². The number of hydrogen-bond donors (Lipinski definition) is 2. The third-order valence-electron chi connectivity index (χ3n) is 9.92. The number of rotatable bonds is 6. The Hall–Kier alpha value is -4.52. The number of aromatic nitrogens is 6. The Balaban J connectivity index is 1.15. The smallest absolute Gasteiger partial charge is 0.280 e. The van der Waals surface area contributed by atoms with Gasteiger partial charge in [-0.3, -0.25) is 23.7 Å². The molecule has 1 atom stereocenters. The quantitative estimate of drug-likeness (QED) is 0.296. The average Bonchev–Trinajstić information content (AvgIpc) is 3.66. The first-order valence-electron chi connectivity index (χ1n) is 15.8. The summed E-state index contributed by atoms with van der Waals surface area (Å²) < 4.78 is 12.4. The Morgan fingerprint density at radius 2 is 1.91 bits per heavy atom. The molecule has 5 aromatic heterocycles. The van der Waals surface area contributed by atoms with Crippen molar-refractivity contribution in [1.82, 2.24) is 33.2 Å². The van der Waals surface area contributed by atoms with Gasteiger partial charge in [0.25, 0.3) is 11.1 Å². The molecule has 0 spiro atoms. The van der Waals surface area contributed by atoms with Crippen LogP contribution in [0.1, 0.15) is 49.3 Å². The predicted molar refractivity (Wildman–Crippen MR) is 174 cm³/mol. The molecule has 0 radical (unpaired) electrons. The van der Waals surface area contributed by atoms with Crippen molar-refractivity contribution < 1.29 is 9.84 Å². The second-order valence-corrected chi connectivity index (χ2v) is 13.6. The largest absolute Gasteiger partial charge is 0.392 e. The lowest BCUT2D eigenvalue weighted by molar-refractivity contribution is -0.0847. The molecule has 8 rings (SSSR count). The van der Waals surface area contributed by atoms with E-state index >= 15 is 0 Å². The van der Waals surface area contributed by atoms with Crippen LogP contribution in [0, 0.1) is 5.41 Å². The van der Waals surface area contributed by atoms with E-state index in [1.807, 2.05) is 27.4 Å². The van der Waals surface area contributed by atoms with Gasteiger partial charge in [-0.15, -0.1) is 0 Å². The molecule has 1 aliphatic carbocycles. The van der Waals surface area contributed by atoms with E-state index in [0.29, 0.717) is 45.6 Å². The predicted octanol–water partition coefficient (Wildman–Crippen LogP) is 3.18. The number of ether oxygens (including phenoxy) is 1. The summed E-state index contributed by atoms with van der Waals surface area (Å²) in [7, 11) is 1.70. The Morgan fingerprint density at radius 1 is 1.09 bits per heavy atom. The van der Waals surface area contributed by atoms with Crippen LogP contribution in [0.5, 0.6) is 0 Å². The number of fused-ring (bicyclic) bond motifs is 4. The molecule has 1 unspecified atom stereocenters. The van der Waals surface area contributed by atoms with Crippen LogP contribution in [0.25, 0.3) is 22.5 Å². The summed E-state index contributed by atoms with van der Waals surface area (Å²) in [5.41, 5.74) is 6.06. The number of anilines is 2. The zero-order valence-corrected chi connectivity index (χ0v) is 26.5. The van der Waals surface area contributed by atoms with Crippen LogP contribution in [0.2, 0.25) is 0 Å². The number of aliphatic hydroxyl groups excluding tert-OH is 1. The van der Waals surface area contributed by atoms with Crippen LogP contribution in [0.3, 0.4) is 0 Å². The van der Waals surface area contributed by atoms with Crippen LogP contribution in [0.15, 0.2) is 58.6 Å². The fourth-order valence-corrected chi connectivity index (χ4v) is 7.52. The van der Waals surface area contributed by atoms with Gasteiger partial charge in [0.1, 0.15) is 17.0 Å². The van der Waals surface area contributed by atoms with Crippen molar-refractivity contribution >= 4 is 17.0 Å². The minimum Gasteiger partial charge on any atom is -0.392 e. The van der Waals surface area contributed by atoms with E-state index in [0.717, 1.165) is 44.8 Å². The Kier molecular flexibility index (Phi) is 6.61. The second-order valence-electron chi connectivity index (χ2n) is 13.6. The summed E-state index contributed by atoms with van der Waals surface area (Å²) >= 11 is 0. The molecule has 7 heterocycles. The molecule has 12 nitrogen and oxygen atoms in total. The van der Waals surface area contributed by atoms with Gasteiger partial charge < -0.3 is 24.1 Å². The zero-order chi connectivity index (χ0) is 31.9. The third-order valence-corrected chi connectivity index (χ3v) is 9.92. The minimum atomic E-state index is -0.346. The third kappa shape index (κ3) is 4.54. The number of pyridine rings is 2. The molecule has 2 aliphatic heterocycles. The number of aryl methyl sites for hydroxylation is 1. The van der Waals surface area contributed by atoms with Crippen LogP contribution in [0.4, 0.5) is 11.5 Å². The maximum atomic E-state index is 13.8. The first kappa shape index (κ1) is 28.9. The summed E-state index contributed by atoms with van der Waals surface area (Å²) in [4.78, 5) is 34.1. The van der Waals surface area contributed by atoms with Crippen molar-refractivity contribution in [3.05, 3.63) is 92.3 Å². The highest BCUT2D eigenvalue weighted by Gasteiger charge is 2.35. The van der Waals surface area contributed by atoms with Crippen LogP contribution >= 0.6 is 0 Å². The summed E-state index contributed by atoms with van der Waals surface area (Å²) in [6.07, 6.45) is 8.83. The monoisotopic (exact) mass is 622 g/mol. The van der Waals surface area contributed by atoms with E-state index in [2.05, 4.69) is 36.0 Å². The van der Waals surface area contributed by atoms with Crippen molar-refractivity contribution in [2.24, 2.45) is 12.5 Å². The lowest BCUT2D eigenvalue weighted by Gasteiger charge is -2.43. The van der Waals surface area contributed by atoms with Crippen LogP contribution < -0.4 is 16.4 Å². The van der Waals surface area contributed by atoms with Gasteiger partial charge >= 0.3 is 0 Å². The van der Waals surface area contributed by atoms with Gasteiger partial charge in [-0.1, -0.05) is 13.8 Å². The van der Waals surface area contributed by atoms with E-state index < -0.39 is 0 Å². The van der Waals surface area contributed by atoms with Gasteiger partial charge in [0.05, 0.1) is 38.1 Å². The lowest BCUT2D eigenvalue weighted by atomic mass is 9.90. The molecule has 12 heteroatoms. The molecule has 5 aromatic rings. The summed E-state index contributed by atoms with van der Waals surface area (Å²) in [5.74, 6) is 0.956. The maximum absolute atomic E-state index is 13.8. The molecular formula is C34H38N8O4. The zero-order valence-electron chi connectivity index (χ0n) is 26.5. The normalized spacial score (nSPS) is 19.3. The Bertz CT molecular complexity index is 2130. The average molecular weight is 623 g/mol. The molecule has 0 saturated carbocycles. The van der Waals surface area contributed by atoms with E-state index in [4.69, 9.17) is 9.84 Å². The molecule has 1 saturated heterocycles. The summed E-state index contributed by atoms with van der Waals surface area (Å²) in [6, 6.07) is 8.18. The molecule has 3 aliphatic rings. The fraction of sp³-hybridized carbons (Fsp3) is 0.412. The van der Waals surface area contributed by atoms with E-state index in [1.54, 1.807) is 37.8 Å². The fourth-order valence-electron chi connectivity index (χ4n) is 7.52. The van der Waals surface area contributed by atoms with Crippen LogP contribution in [-0.4, -0.2) is 64.1 Å². The first-order valence-corrected chi connectivity index (χ1v) is 15.8. The molecule has 2 N–H and O–H groups in total. The highest BCUT2D eigenvalue weighted by Crippen LogP contribution is 2.38. The molecule has 0 aromatic carbocycles. The van der Waals surface area contributed by atoms with Crippen molar-refractivity contribution in [3.8, 4) is 16.9 Å². The highest BCUT2D eigenvalue weighted by molar-refractivity contribution is 5.73. The number of aliphatic hydroxyl groups is 1. The van der Waals surface area contributed by atoms with Gasteiger partial charge in [-0.2, -0.15) is 5.10 Å². The van der Waals surface area contributed by atoms with E-state index in [9.17, 15) is 14.7 Å². The van der Waals surface area contributed by atoms with Crippen LogP contribution in [-0.2, 0) is 37.8 Å². The highest BCUT2D eigenvalue weighted by atomic mass is 16.5. The van der Waals surface area contributed by atoms with E-state index in [1.165, 1.54) is 20.4 Å². The Morgan fingerprint density at radius 3 is 2.67 bits per heavy atom. The van der Waals surface area contributed by atoms with Gasteiger partial charge in [0, 0.05) is 67.3 Å². The van der Waals surface area contributed by atoms with Gasteiger partial charge in [0.2, 0.25) is 0 Å². The lowest BCUT2D eigenvalue weighted by Crippen LogP contribution is -2.52. The number of nitrogens with zero attached hydrogens (tertiary/aromatic N) is 7.